The normalized spacial score (nSPS) is 12.4. The SMILES string of the molecule is CCCNCC(CCC)CCOc1cccc(Br)c1. The number of benzene rings is 1. The summed E-state index contributed by atoms with van der Waals surface area (Å²) in [6.45, 7) is 7.49. The number of ether oxygens (including phenoxy) is 1. The van der Waals surface area contributed by atoms with Gasteiger partial charge >= 0.3 is 0 Å². The summed E-state index contributed by atoms with van der Waals surface area (Å²) in [4.78, 5) is 0. The van der Waals surface area contributed by atoms with E-state index in [0.29, 0.717) is 0 Å². The molecule has 0 bridgehead atoms. The molecule has 0 aliphatic carbocycles. The number of hydrogen-bond donors (Lipinski definition) is 1. The van der Waals surface area contributed by atoms with Gasteiger partial charge < -0.3 is 10.1 Å². The summed E-state index contributed by atoms with van der Waals surface area (Å²) in [6.07, 6.45) is 4.85. The minimum atomic E-state index is 0.726. The highest BCUT2D eigenvalue weighted by atomic mass is 79.9. The summed E-state index contributed by atoms with van der Waals surface area (Å²) < 4.78 is 6.88. The Bertz CT molecular complexity index is 343. The summed E-state index contributed by atoms with van der Waals surface area (Å²) >= 11 is 3.46. The molecule has 19 heavy (non-hydrogen) atoms. The lowest BCUT2D eigenvalue weighted by Crippen LogP contribution is -2.24. The predicted molar refractivity (Wildman–Crippen MR) is 85.8 cm³/mol. The Morgan fingerprint density at radius 2 is 2.05 bits per heavy atom. The van der Waals surface area contributed by atoms with Gasteiger partial charge in [0.2, 0.25) is 0 Å². The number of rotatable bonds is 10. The van der Waals surface area contributed by atoms with Crippen LogP contribution in [0.2, 0.25) is 0 Å². The largest absolute Gasteiger partial charge is 0.494 e. The summed E-state index contributed by atoms with van der Waals surface area (Å²) in [7, 11) is 0. The molecule has 1 rings (SSSR count). The minimum Gasteiger partial charge on any atom is -0.494 e. The maximum atomic E-state index is 5.81. The van der Waals surface area contributed by atoms with E-state index >= 15 is 0 Å². The van der Waals surface area contributed by atoms with Crippen molar-refractivity contribution in [2.75, 3.05) is 19.7 Å². The van der Waals surface area contributed by atoms with Crippen LogP contribution in [0, 0.1) is 5.92 Å². The van der Waals surface area contributed by atoms with Gasteiger partial charge in [0, 0.05) is 4.47 Å². The van der Waals surface area contributed by atoms with E-state index in [1.54, 1.807) is 0 Å². The second-order valence-electron chi connectivity index (χ2n) is 4.95. The van der Waals surface area contributed by atoms with Crippen LogP contribution in [0.1, 0.15) is 39.5 Å². The van der Waals surface area contributed by atoms with Gasteiger partial charge in [-0.2, -0.15) is 0 Å². The minimum absolute atomic E-state index is 0.726. The lowest BCUT2D eigenvalue weighted by Gasteiger charge is -2.17. The quantitative estimate of drug-likeness (QED) is 0.632. The molecule has 1 aromatic carbocycles. The third-order valence-electron chi connectivity index (χ3n) is 3.15. The molecule has 0 spiro atoms. The predicted octanol–water partition coefficient (Wildman–Crippen LogP) is 4.63. The van der Waals surface area contributed by atoms with Gasteiger partial charge in [-0.1, -0.05) is 42.3 Å². The molecule has 1 atom stereocenters. The summed E-state index contributed by atoms with van der Waals surface area (Å²) in [5, 5.41) is 3.51. The van der Waals surface area contributed by atoms with Crippen molar-refractivity contribution in [3.05, 3.63) is 28.7 Å². The van der Waals surface area contributed by atoms with Crippen LogP contribution in [0.4, 0.5) is 0 Å². The topological polar surface area (TPSA) is 21.3 Å². The van der Waals surface area contributed by atoms with Crippen LogP contribution in [-0.4, -0.2) is 19.7 Å². The van der Waals surface area contributed by atoms with E-state index in [-0.39, 0.29) is 0 Å². The van der Waals surface area contributed by atoms with Gasteiger partial charge in [0.15, 0.2) is 0 Å². The lowest BCUT2D eigenvalue weighted by atomic mass is 10.0. The zero-order chi connectivity index (χ0) is 13.9. The molecule has 3 heteroatoms. The Labute approximate surface area is 126 Å². The van der Waals surface area contributed by atoms with E-state index in [2.05, 4.69) is 35.1 Å². The second-order valence-corrected chi connectivity index (χ2v) is 5.87. The van der Waals surface area contributed by atoms with E-state index < -0.39 is 0 Å². The maximum absolute atomic E-state index is 5.81. The van der Waals surface area contributed by atoms with Crippen molar-refractivity contribution in [3.63, 3.8) is 0 Å². The molecular formula is C16H26BrNO. The average molecular weight is 328 g/mol. The molecule has 0 radical (unpaired) electrons. The van der Waals surface area contributed by atoms with Crippen molar-refractivity contribution in [1.29, 1.82) is 0 Å². The van der Waals surface area contributed by atoms with Crippen LogP contribution in [0.5, 0.6) is 5.75 Å². The molecule has 0 fully saturated rings. The van der Waals surface area contributed by atoms with Gasteiger partial charge in [-0.05, 0) is 56.5 Å². The zero-order valence-electron chi connectivity index (χ0n) is 12.1. The highest BCUT2D eigenvalue weighted by molar-refractivity contribution is 9.10. The van der Waals surface area contributed by atoms with E-state index in [0.717, 1.165) is 42.3 Å². The van der Waals surface area contributed by atoms with Crippen LogP contribution < -0.4 is 10.1 Å². The van der Waals surface area contributed by atoms with Crippen molar-refractivity contribution in [3.8, 4) is 5.75 Å². The highest BCUT2D eigenvalue weighted by Gasteiger charge is 2.07. The number of nitrogens with one attached hydrogen (secondary N) is 1. The fourth-order valence-corrected chi connectivity index (χ4v) is 2.52. The molecule has 1 aromatic rings. The monoisotopic (exact) mass is 327 g/mol. The van der Waals surface area contributed by atoms with Gasteiger partial charge in [0.05, 0.1) is 6.61 Å². The fraction of sp³-hybridized carbons (Fsp3) is 0.625. The molecule has 2 nitrogen and oxygen atoms in total. The zero-order valence-corrected chi connectivity index (χ0v) is 13.7. The number of hydrogen-bond acceptors (Lipinski definition) is 2. The van der Waals surface area contributed by atoms with E-state index in [1.165, 1.54) is 19.3 Å². The first-order chi connectivity index (χ1) is 9.26. The van der Waals surface area contributed by atoms with Crippen LogP contribution in [0.3, 0.4) is 0 Å². The molecule has 0 saturated carbocycles. The Morgan fingerprint density at radius 3 is 2.74 bits per heavy atom. The number of halogens is 1. The third-order valence-corrected chi connectivity index (χ3v) is 3.64. The second kappa shape index (κ2) is 10.3. The van der Waals surface area contributed by atoms with Crippen molar-refractivity contribution in [2.24, 2.45) is 5.92 Å². The molecule has 0 amide bonds. The van der Waals surface area contributed by atoms with Crippen LogP contribution in [0.15, 0.2) is 28.7 Å². The standard InChI is InChI=1S/C16H26BrNO/c1-3-6-14(13-18-10-4-2)9-11-19-16-8-5-7-15(17)12-16/h5,7-8,12,14,18H,3-4,6,9-11,13H2,1-2H3. The van der Waals surface area contributed by atoms with Crippen molar-refractivity contribution in [1.82, 2.24) is 5.32 Å². The molecule has 0 aliphatic rings. The molecule has 0 heterocycles. The maximum Gasteiger partial charge on any atom is 0.120 e. The molecular weight excluding hydrogens is 302 g/mol. The first-order valence-electron chi connectivity index (χ1n) is 7.35. The van der Waals surface area contributed by atoms with Crippen LogP contribution in [0.25, 0.3) is 0 Å². The van der Waals surface area contributed by atoms with Crippen molar-refractivity contribution in [2.45, 2.75) is 39.5 Å². The van der Waals surface area contributed by atoms with Gasteiger partial charge in [0.25, 0.3) is 0 Å². The summed E-state index contributed by atoms with van der Waals surface area (Å²) in [5.41, 5.74) is 0. The van der Waals surface area contributed by atoms with Gasteiger partial charge in [-0.25, -0.2) is 0 Å². The Morgan fingerprint density at radius 1 is 1.21 bits per heavy atom. The molecule has 1 N–H and O–H groups in total. The van der Waals surface area contributed by atoms with Crippen LogP contribution >= 0.6 is 15.9 Å². The van der Waals surface area contributed by atoms with Crippen LogP contribution in [-0.2, 0) is 0 Å². The van der Waals surface area contributed by atoms with Gasteiger partial charge in [-0.3, -0.25) is 0 Å². The van der Waals surface area contributed by atoms with Crippen molar-refractivity contribution >= 4 is 15.9 Å². The molecule has 0 aliphatic heterocycles. The average Bonchev–Trinajstić information content (AvgIpc) is 2.39. The molecule has 0 saturated heterocycles. The van der Waals surface area contributed by atoms with Gasteiger partial charge in [0.1, 0.15) is 5.75 Å². The third kappa shape index (κ3) is 7.58. The Hall–Kier alpha value is -0.540. The smallest absolute Gasteiger partial charge is 0.120 e. The molecule has 1 unspecified atom stereocenters. The van der Waals surface area contributed by atoms with Gasteiger partial charge in [-0.15, -0.1) is 0 Å². The molecule has 108 valence electrons. The fourth-order valence-electron chi connectivity index (χ4n) is 2.14. The summed E-state index contributed by atoms with van der Waals surface area (Å²) in [6, 6.07) is 8.05. The first kappa shape index (κ1) is 16.5. The van der Waals surface area contributed by atoms with Crippen molar-refractivity contribution < 1.29 is 4.74 Å². The van der Waals surface area contributed by atoms with E-state index in [1.807, 2.05) is 24.3 Å². The highest BCUT2D eigenvalue weighted by Crippen LogP contribution is 2.19. The Kier molecular flexibility index (Phi) is 8.93. The first-order valence-corrected chi connectivity index (χ1v) is 8.14. The Balaban J connectivity index is 2.27. The lowest BCUT2D eigenvalue weighted by molar-refractivity contribution is 0.267. The summed E-state index contributed by atoms with van der Waals surface area (Å²) in [5.74, 6) is 1.68. The van der Waals surface area contributed by atoms with E-state index in [9.17, 15) is 0 Å². The molecule has 0 aromatic heterocycles. The van der Waals surface area contributed by atoms with E-state index in [4.69, 9.17) is 4.74 Å².